The number of thiol groups is 4. The van der Waals surface area contributed by atoms with Crippen LogP contribution in [0.1, 0.15) is 0 Å². The molecular formula is C12H11ClFNO2S4. The van der Waals surface area contributed by atoms with Gasteiger partial charge in [0.2, 0.25) is 4.27 Å². The molecule has 0 radical (unpaired) electrons. The number of anilines is 1. The minimum absolute atomic E-state index is 0.0403. The molecule has 1 aromatic carbocycles. The summed E-state index contributed by atoms with van der Waals surface area (Å²) in [4.78, 5) is 0.539. The minimum Gasteiger partial charge on any atom is -0.483 e. The van der Waals surface area contributed by atoms with Gasteiger partial charge in [-0.1, -0.05) is 11.6 Å². The molecule has 1 unspecified atom stereocenters. The predicted molar refractivity (Wildman–Crippen MR) is 96.2 cm³/mol. The molecule has 1 aliphatic heterocycles. The van der Waals surface area contributed by atoms with Crippen molar-refractivity contribution < 1.29 is 13.9 Å². The van der Waals surface area contributed by atoms with Crippen LogP contribution in [0.4, 0.5) is 10.1 Å². The van der Waals surface area contributed by atoms with Crippen LogP contribution < -0.4 is 10.5 Å². The van der Waals surface area contributed by atoms with Crippen molar-refractivity contribution >= 4 is 67.8 Å². The lowest BCUT2D eigenvalue weighted by molar-refractivity contribution is 0.209. The van der Waals surface area contributed by atoms with Crippen LogP contribution in [0, 0.1) is 5.82 Å². The molecule has 1 aliphatic rings. The second-order valence-electron chi connectivity index (χ2n) is 4.10. The van der Waals surface area contributed by atoms with E-state index in [1.807, 2.05) is 0 Å². The van der Waals surface area contributed by atoms with E-state index in [1.54, 1.807) is 6.08 Å². The predicted octanol–water partition coefficient (Wildman–Crippen LogP) is 3.94. The van der Waals surface area contributed by atoms with Crippen LogP contribution in [0.3, 0.4) is 0 Å². The van der Waals surface area contributed by atoms with Crippen LogP contribution >= 0.6 is 62.1 Å². The molecule has 0 aliphatic carbocycles. The molecule has 3 nitrogen and oxygen atoms in total. The fourth-order valence-corrected chi connectivity index (χ4v) is 3.69. The third-order valence-corrected chi connectivity index (χ3v) is 4.34. The number of hydrogen-bond acceptors (Lipinski definition) is 7. The number of allylic oxidation sites excluding steroid dienone is 1. The maximum Gasteiger partial charge on any atom is 0.223 e. The number of nitrogens with two attached hydrogens (primary N) is 1. The molecule has 1 atom stereocenters. The van der Waals surface area contributed by atoms with Crippen LogP contribution in [0.5, 0.6) is 5.75 Å². The third kappa shape index (κ3) is 3.73. The maximum absolute atomic E-state index is 13.3. The SMILES string of the molecule is Nc1cc(OC(S)(S)C2=C(S)C=COC2S)c(Cl)cc1F. The molecule has 1 aromatic rings. The number of ether oxygens (including phenoxy) is 2. The fourth-order valence-electron chi connectivity index (χ4n) is 1.62. The van der Waals surface area contributed by atoms with E-state index in [0.717, 1.165) is 6.07 Å². The molecule has 21 heavy (non-hydrogen) atoms. The summed E-state index contributed by atoms with van der Waals surface area (Å²) < 4.78 is 22.7. The van der Waals surface area contributed by atoms with Crippen LogP contribution in [0.25, 0.3) is 0 Å². The molecule has 9 heteroatoms. The topological polar surface area (TPSA) is 44.5 Å². The molecule has 2 rings (SSSR count). The molecule has 0 spiro atoms. The lowest BCUT2D eigenvalue weighted by Crippen LogP contribution is -2.32. The van der Waals surface area contributed by atoms with E-state index in [-0.39, 0.29) is 16.5 Å². The van der Waals surface area contributed by atoms with Crippen molar-refractivity contribution in [1.29, 1.82) is 0 Å². The highest BCUT2D eigenvalue weighted by atomic mass is 35.5. The number of halogens is 2. The molecule has 0 bridgehead atoms. The first-order chi connectivity index (χ1) is 9.72. The summed E-state index contributed by atoms with van der Waals surface area (Å²) in [6, 6.07) is 2.31. The Balaban J connectivity index is 2.38. The Labute approximate surface area is 148 Å². The highest BCUT2D eigenvalue weighted by Crippen LogP contribution is 2.43. The number of nitrogen functional groups attached to an aromatic ring is 1. The van der Waals surface area contributed by atoms with Gasteiger partial charge in [-0.15, -0.1) is 50.5 Å². The number of hydrogen-bond donors (Lipinski definition) is 5. The van der Waals surface area contributed by atoms with E-state index in [2.05, 4.69) is 50.5 Å². The molecule has 0 saturated carbocycles. The Morgan fingerprint density at radius 2 is 2.05 bits per heavy atom. The van der Waals surface area contributed by atoms with E-state index in [0.29, 0.717) is 10.5 Å². The highest BCUT2D eigenvalue weighted by molar-refractivity contribution is 8.00. The average molecular weight is 384 g/mol. The first kappa shape index (κ1) is 17.1. The van der Waals surface area contributed by atoms with Crippen molar-refractivity contribution in [3.8, 4) is 5.75 Å². The molecular weight excluding hydrogens is 373 g/mol. The second kappa shape index (κ2) is 6.45. The standard InChI is InChI=1S/C12H11ClFNO2S4/c13-5-3-6(14)7(15)4-8(5)17-12(20,21)10-9(18)1-2-16-11(10)19/h1-4,11,18-21H,15H2. The van der Waals surface area contributed by atoms with Gasteiger partial charge in [0.25, 0.3) is 0 Å². The van der Waals surface area contributed by atoms with Crippen molar-refractivity contribution in [2.75, 3.05) is 5.73 Å². The lowest BCUT2D eigenvalue weighted by atomic mass is 10.2. The molecule has 114 valence electrons. The van der Waals surface area contributed by atoms with Gasteiger partial charge in [-0.25, -0.2) is 4.39 Å². The van der Waals surface area contributed by atoms with E-state index in [9.17, 15) is 4.39 Å². The fraction of sp³-hybridized carbons (Fsp3) is 0.167. The van der Waals surface area contributed by atoms with Crippen LogP contribution in [0.15, 0.2) is 34.9 Å². The summed E-state index contributed by atoms with van der Waals surface area (Å²) in [6.45, 7) is 0. The zero-order valence-corrected chi connectivity index (χ0v) is 14.7. The first-order valence-corrected chi connectivity index (χ1v) is 7.78. The molecule has 1 heterocycles. The van der Waals surface area contributed by atoms with Crippen molar-refractivity contribution in [3.63, 3.8) is 0 Å². The summed E-state index contributed by atoms with van der Waals surface area (Å²) in [5.74, 6) is -0.509. The lowest BCUT2D eigenvalue weighted by Gasteiger charge is -2.32. The van der Waals surface area contributed by atoms with Gasteiger partial charge in [-0.3, -0.25) is 0 Å². The van der Waals surface area contributed by atoms with E-state index in [1.165, 1.54) is 12.3 Å². The van der Waals surface area contributed by atoms with Gasteiger partial charge in [-0.05, 0) is 12.1 Å². The van der Waals surface area contributed by atoms with Crippen molar-refractivity contribution in [2.24, 2.45) is 0 Å². The average Bonchev–Trinajstić information content (AvgIpc) is 2.35. The Hall–Kier alpha value is -0.280. The summed E-state index contributed by atoms with van der Waals surface area (Å²) in [6.07, 6.45) is 3.06. The van der Waals surface area contributed by atoms with Crippen molar-refractivity contribution in [2.45, 2.75) is 9.70 Å². The molecule has 2 N–H and O–H groups in total. The van der Waals surface area contributed by atoms with Gasteiger partial charge in [0.15, 0.2) is 5.44 Å². The Morgan fingerprint density at radius 3 is 2.67 bits per heavy atom. The quantitative estimate of drug-likeness (QED) is 0.312. The van der Waals surface area contributed by atoms with Crippen molar-refractivity contribution in [3.05, 3.63) is 45.8 Å². The Bertz CT molecular complexity index is 636. The largest absolute Gasteiger partial charge is 0.483 e. The Kier molecular flexibility index (Phi) is 5.25. The van der Waals surface area contributed by atoms with Crippen LogP contribution in [-0.4, -0.2) is 9.70 Å². The molecule has 0 fully saturated rings. The zero-order valence-electron chi connectivity index (χ0n) is 10.3. The normalized spacial score (nSPS) is 18.7. The number of benzene rings is 1. The van der Waals surface area contributed by atoms with Gasteiger partial charge in [-0.2, -0.15) is 0 Å². The zero-order chi connectivity index (χ0) is 15.8. The minimum atomic E-state index is -1.43. The Morgan fingerprint density at radius 1 is 1.38 bits per heavy atom. The van der Waals surface area contributed by atoms with Crippen LogP contribution in [-0.2, 0) is 4.74 Å². The second-order valence-corrected chi connectivity index (χ2v) is 7.07. The summed E-state index contributed by atoms with van der Waals surface area (Å²) in [5, 5.41) is 0.0403. The smallest absolute Gasteiger partial charge is 0.223 e. The summed E-state index contributed by atoms with van der Waals surface area (Å²) in [5.41, 5.74) is 5.21. The van der Waals surface area contributed by atoms with Gasteiger partial charge < -0.3 is 15.2 Å². The van der Waals surface area contributed by atoms with Gasteiger partial charge in [0, 0.05) is 11.0 Å². The third-order valence-electron chi connectivity index (χ3n) is 2.61. The van der Waals surface area contributed by atoms with Gasteiger partial charge in [0.05, 0.1) is 22.5 Å². The first-order valence-electron chi connectivity index (χ1n) is 5.54. The molecule has 0 aromatic heterocycles. The van der Waals surface area contributed by atoms with E-state index >= 15 is 0 Å². The van der Waals surface area contributed by atoms with Gasteiger partial charge in [0.1, 0.15) is 11.6 Å². The van der Waals surface area contributed by atoms with Crippen molar-refractivity contribution in [1.82, 2.24) is 0 Å². The monoisotopic (exact) mass is 383 g/mol. The highest BCUT2D eigenvalue weighted by Gasteiger charge is 2.37. The summed E-state index contributed by atoms with van der Waals surface area (Å²) in [7, 11) is 0. The molecule has 0 saturated heterocycles. The number of rotatable bonds is 3. The van der Waals surface area contributed by atoms with E-state index in [4.69, 9.17) is 26.8 Å². The summed E-state index contributed by atoms with van der Waals surface area (Å²) >= 11 is 23.2. The maximum atomic E-state index is 13.3. The van der Waals surface area contributed by atoms with Gasteiger partial charge >= 0.3 is 0 Å². The van der Waals surface area contributed by atoms with E-state index < -0.39 is 15.5 Å². The van der Waals surface area contributed by atoms with Crippen LogP contribution in [0.2, 0.25) is 5.02 Å². The molecule has 0 amide bonds.